The monoisotopic (exact) mass is 363 g/mol. The van der Waals surface area contributed by atoms with Gasteiger partial charge in [-0.25, -0.2) is 13.1 Å². The number of aryl methyl sites for hydroxylation is 1. The molecule has 7 heteroatoms. The molecule has 0 saturated carbocycles. The average molecular weight is 363 g/mol. The highest BCUT2D eigenvalue weighted by Gasteiger charge is 2.16. The molecule has 3 aromatic rings. The maximum absolute atomic E-state index is 12.4. The van der Waals surface area contributed by atoms with E-state index in [1.807, 2.05) is 23.6 Å². The van der Waals surface area contributed by atoms with Crippen molar-refractivity contribution >= 4 is 21.4 Å². The molecule has 1 aromatic carbocycles. The Kier molecular flexibility index (Phi) is 4.75. The second-order valence-electron chi connectivity index (χ2n) is 5.20. The van der Waals surface area contributed by atoms with Crippen LogP contribution in [0.3, 0.4) is 0 Å². The van der Waals surface area contributed by atoms with Crippen LogP contribution in [0.25, 0.3) is 10.6 Å². The van der Waals surface area contributed by atoms with Crippen LogP contribution in [0, 0.1) is 6.92 Å². The van der Waals surface area contributed by atoms with Gasteiger partial charge in [0, 0.05) is 0 Å². The van der Waals surface area contributed by atoms with Crippen molar-refractivity contribution in [3.05, 3.63) is 59.2 Å². The second-order valence-corrected chi connectivity index (χ2v) is 7.91. The molecule has 0 radical (unpaired) electrons. The van der Waals surface area contributed by atoms with Crippen LogP contribution in [-0.2, 0) is 16.6 Å². The second kappa shape index (κ2) is 6.80. The molecule has 0 bridgehead atoms. The van der Waals surface area contributed by atoms with Crippen molar-refractivity contribution in [3.63, 3.8) is 0 Å². The summed E-state index contributed by atoms with van der Waals surface area (Å²) in [5, 5.41) is 1.96. The number of hydrogen-bond acceptors (Lipinski definition) is 5. The topological polar surface area (TPSA) is 68.5 Å². The quantitative estimate of drug-likeness (QED) is 0.723. The van der Waals surface area contributed by atoms with Crippen LogP contribution in [0.4, 0.5) is 0 Å². The van der Waals surface area contributed by atoms with Crippen LogP contribution in [0.5, 0.6) is 5.75 Å². The molecule has 126 valence electrons. The number of sulfonamides is 1. The molecule has 0 fully saturated rings. The van der Waals surface area contributed by atoms with Crippen LogP contribution in [0.2, 0.25) is 0 Å². The van der Waals surface area contributed by atoms with Crippen molar-refractivity contribution in [1.29, 1.82) is 0 Å². The number of hydrogen-bond donors (Lipinski definition) is 1. The zero-order chi connectivity index (χ0) is 17.2. The molecule has 2 aromatic heterocycles. The lowest BCUT2D eigenvalue weighted by molar-refractivity contribution is 0.411. The summed E-state index contributed by atoms with van der Waals surface area (Å²) in [6.07, 6.45) is 0. The van der Waals surface area contributed by atoms with Gasteiger partial charge in [-0.15, -0.1) is 11.3 Å². The maximum Gasteiger partial charge on any atom is 0.240 e. The Balaban J connectivity index is 1.72. The molecule has 0 spiro atoms. The van der Waals surface area contributed by atoms with Gasteiger partial charge in [-0.1, -0.05) is 6.07 Å². The minimum absolute atomic E-state index is 0.0960. The largest absolute Gasteiger partial charge is 0.496 e. The van der Waals surface area contributed by atoms with E-state index in [-0.39, 0.29) is 11.4 Å². The van der Waals surface area contributed by atoms with E-state index in [0.29, 0.717) is 11.5 Å². The normalized spacial score (nSPS) is 11.6. The lowest BCUT2D eigenvalue weighted by atomic mass is 10.2. The summed E-state index contributed by atoms with van der Waals surface area (Å²) in [5.74, 6) is 1.95. The molecule has 2 heterocycles. The van der Waals surface area contributed by atoms with E-state index < -0.39 is 10.0 Å². The number of thiophene rings is 1. The predicted molar refractivity (Wildman–Crippen MR) is 93.8 cm³/mol. The Morgan fingerprint density at radius 1 is 1.21 bits per heavy atom. The minimum atomic E-state index is -3.61. The lowest BCUT2D eigenvalue weighted by Crippen LogP contribution is -2.23. The fraction of sp³-hybridized carbons (Fsp3) is 0.176. The average Bonchev–Trinajstić information content (AvgIpc) is 3.24. The summed E-state index contributed by atoms with van der Waals surface area (Å²) < 4.78 is 38.2. The Morgan fingerprint density at radius 2 is 2.04 bits per heavy atom. The zero-order valence-corrected chi connectivity index (χ0v) is 14.9. The van der Waals surface area contributed by atoms with Gasteiger partial charge in [0.1, 0.15) is 17.3 Å². The molecular weight excluding hydrogens is 346 g/mol. The van der Waals surface area contributed by atoms with E-state index >= 15 is 0 Å². The van der Waals surface area contributed by atoms with Crippen molar-refractivity contribution in [2.24, 2.45) is 0 Å². The van der Waals surface area contributed by atoms with Crippen molar-refractivity contribution < 1.29 is 17.6 Å². The van der Waals surface area contributed by atoms with Crippen molar-refractivity contribution in [2.75, 3.05) is 7.11 Å². The van der Waals surface area contributed by atoms with Crippen LogP contribution in [-0.4, -0.2) is 15.5 Å². The van der Waals surface area contributed by atoms with Crippen molar-refractivity contribution in [1.82, 2.24) is 4.72 Å². The standard InChI is InChI=1S/C17H17NO4S2/c1-12-10-14(6-8-15(12)21-2)24(19,20)18-11-13-5-7-16(22-13)17-4-3-9-23-17/h3-10,18H,11H2,1-2H3. The van der Waals surface area contributed by atoms with E-state index in [9.17, 15) is 8.42 Å². The molecule has 0 amide bonds. The third kappa shape index (κ3) is 3.53. The molecule has 0 saturated heterocycles. The molecular formula is C17H17NO4S2. The lowest BCUT2D eigenvalue weighted by Gasteiger charge is -2.09. The van der Waals surface area contributed by atoms with E-state index in [0.717, 1.165) is 16.2 Å². The van der Waals surface area contributed by atoms with Crippen LogP contribution >= 0.6 is 11.3 Å². The predicted octanol–water partition coefficient (Wildman–Crippen LogP) is 3.80. The van der Waals surface area contributed by atoms with Gasteiger partial charge in [0.15, 0.2) is 0 Å². The number of ether oxygens (including phenoxy) is 1. The molecule has 1 N–H and O–H groups in total. The third-order valence-electron chi connectivity index (χ3n) is 3.54. The summed E-state index contributed by atoms with van der Waals surface area (Å²) in [7, 11) is -2.06. The first kappa shape index (κ1) is 16.8. The number of nitrogens with one attached hydrogen (secondary N) is 1. The Labute approximate surface area is 144 Å². The first-order valence-electron chi connectivity index (χ1n) is 7.26. The maximum atomic E-state index is 12.4. The fourth-order valence-electron chi connectivity index (χ4n) is 2.29. The highest BCUT2D eigenvalue weighted by Crippen LogP contribution is 2.27. The minimum Gasteiger partial charge on any atom is -0.496 e. The first-order valence-corrected chi connectivity index (χ1v) is 9.63. The van der Waals surface area contributed by atoms with Crippen molar-refractivity contribution in [2.45, 2.75) is 18.4 Å². The van der Waals surface area contributed by atoms with Gasteiger partial charge >= 0.3 is 0 Å². The SMILES string of the molecule is COc1ccc(S(=O)(=O)NCc2ccc(-c3cccs3)o2)cc1C. The van der Waals surface area contributed by atoms with Crippen LogP contribution in [0.1, 0.15) is 11.3 Å². The van der Waals surface area contributed by atoms with Gasteiger partial charge in [-0.05, 0) is 54.3 Å². The van der Waals surface area contributed by atoms with E-state index in [1.54, 1.807) is 43.6 Å². The number of benzene rings is 1. The van der Waals surface area contributed by atoms with Gasteiger partial charge in [0.25, 0.3) is 0 Å². The molecule has 3 rings (SSSR count). The molecule has 0 atom stereocenters. The van der Waals surface area contributed by atoms with Gasteiger partial charge in [-0.3, -0.25) is 0 Å². The number of methoxy groups -OCH3 is 1. The molecule has 0 aliphatic carbocycles. The molecule has 0 aliphatic heterocycles. The highest BCUT2D eigenvalue weighted by molar-refractivity contribution is 7.89. The molecule has 0 aliphatic rings. The zero-order valence-electron chi connectivity index (χ0n) is 13.3. The summed E-state index contributed by atoms with van der Waals surface area (Å²) in [4.78, 5) is 1.21. The Bertz CT molecular complexity index is 927. The first-order chi connectivity index (χ1) is 11.5. The van der Waals surface area contributed by atoms with Gasteiger partial charge in [-0.2, -0.15) is 0 Å². The smallest absolute Gasteiger partial charge is 0.240 e. The van der Waals surface area contributed by atoms with Crippen molar-refractivity contribution in [3.8, 4) is 16.4 Å². The van der Waals surface area contributed by atoms with Crippen LogP contribution < -0.4 is 9.46 Å². The Morgan fingerprint density at radius 3 is 2.71 bits per heavy atom. The number of rotatable bonds is 6. The Hall–Kier alpha value is -2.09. The summed E-state index contributed by atoms with van der Waals surface area (Å²) >= 11 is 1.57. The summed E-state index contributed by atoms with van der Waals surface area (Å²) in [6.45, 7) is 1.90. The van der Waals surface area contributed by atoms with E-state index in [4.69, 9.17) is 9.15 Å². The number of furan rings is 1. The van der Waals surface area contributed by atoms with E-state index in [2.05, 4.69) is 4.72 Å². The molecule has 24 heavy (non-hydrogen) atoms. The van der Waals surface area contributed by atoms with Gasteiger partial charge in [0.2, 0.25) is 10.0 Å². The van der Waals surface area contributed by atoms with Crippen LogP contribution in [0.15, 0.2) is 57.2 Å². The summed E-state index contributed by atoms with van der Waals surface area (Å²) in [6, 6.07) is 12.3. The van der Waals surface area contributed by atoms with Gasteiger partial charge in [0.05, 0.1) is 23.4 Å². The molecule has 5 nitrogen and oxygen atoms in total. The fourth-order valence-corrected chi connectivity index (χ4v) is 4.06. The van der Waals surface area contributed by atoms with E-state index in [1.165, 1.54) is 6.07 Å². The highest BCUT2D eigenvalue weighted by atomic mass is 32.2. The third-order valence-corrected chi connectivity index (χ3v) is 5.82. The molecule has 0 unspecified atom stereocenters. The summed E-state index contributed by atoms with van der Waals surface area (Å²) in [5.41, 5.74) is 0.762. The van der Waals surface area contributed by atoms with Gasteiger partial charge < -0.3 is 9.15 Å².